The predicted molar refractivity (Wildman–Crippen MR) is 74.0 cm³/mol. The van der Waals surface area contributed by atoms with Gasteiger partial charge in [-0.25, -0.2) is 4.79 Å². The van der Waals surface area contributed by atoms with E-state index in [-0.39, 0.29) is 5.91 Å². The Morgan fingerprint density at radius 2 is 1.95 bits per heavy atom. The maximum absolute atomic E-state index is 11.7. The van der Waals surface area contributed by atoms with Crippen LogP contribution >= 0.6 is 0 Å². The van der Waals surface area contributed by atoms with Gasteiger partial charge in [0.1, 0.15) is 0 Å². The number of unbranched alkanes of at least 4 members (excludes halogenated alkanes) is 1. The van der Waals surface area contributed by atoms with Gasteiger partial charge in [0.05, 0.1) is 0 Å². The van der Waals surface area contributed by atoms with Crippen LogP contribution in [0.5, 0.6) is 0 Å². The van der Waals surface area contributed by atoms with E-state index in [1.54, 1.807) is 6.07 Å². The number of hydrogen-bond acceptors (Lipinski definition) is 2. The lowest BCUT2D eigenvalue weighted by atomic mass is 10.0. The molecule has 0 bridgehead atoms. The maximum atomic E-state index is 11.7. The molecule has 1 unspecified atom stereocenters. The lowest BCUT2D eigenvalue weighted by Crippen LogP contribution is -2.33. The average Bonchev–Trinajstić information content (AvgIpc) is 2.36. The zero-order valence-corrected chi connectivity index (χ0v) is 11.7. The molecule has 19 heavy (non-hydrogen) atoms. The number of hydrogen-bond donors (Lipinski definition) is 2. The van der Waals surface area contributed by atoms with Crippen molar-refractivity contribution in [2.45, 2.75) is 46.1 Å². The quantitative estimate of drug-likeness (QED) is 0.829. The highest BCUT2D eigenvalue weighted by atomic mass is 16.4. The summed E-state index contributed by atoms with van der Waals surface area (Å²) in [4.78, 5) is 23.0. The zero-order chi connectivity index (χ0) is 14.4. The lowest BCUT2D eigenvalue weighted by molar-refractivity contribution is -0.142. The number of aliphatic carboxylic acids is 1. The normalized spacial score (nSPS) is 11.9. The van der Waals surface area contributed by atoms with Crippen molar-refractivity contribution in [2.75, 3.05) is 0 Å². The summed E-state index contributed by atoms with van der Waals surface area (Å²) < 4.78 is 0. The van der Waals surface area contributed by atoms with Crippen molar-refractivity contribution in [3.63, 3.8) is 0 Å². The SMILES string of the molecule is CCCCC(=O)NC(C(=O)O)c1ccc(C)c(C)c1. The van der Waals surface area contributed by atoms with Crippen LogP contribution in [-0.2, 0) is 9.59 Å². The second kappa shape index (κ2) is 6.92. The molecule has 4 nitrogen and oxygen atoms in total. The number of carbonyl (C=O) groups excluding carboxylic acids is 1. The van der Waals surface area contributed by atoms with E-state index in [0.717, 1.165) is 24.0 Å². The summed E-state index contributed by atoms with van der Waals surface area (Å²) in [6.45, 7) is 5.89. The first-order chi connectivity index (χ1) is 8.95. The molecule has 0 aromatic heterocycles. The molecule has 0 radical (unpaired) electrons. The number of carbonyl (C=O) groups is 2. The van der Waals surface area contributed by atoms with Gasteiger partial charge < -0.3 is 10.4 Å². The van der Waals surface area contributed by atoms with Crippen molar-refractivity contribution in [1.29, 1.82) is 0 Å². The highest BCUT2D eigenvalue weighted by molar-refractivity contribution is 5.84. The zero-order valence-electron chi connectivity index (χ0n) is 11.7. The Labute approximate surface area is 113 Å². The molecule has 1 rings (SSSR count). The molecule has 0 heterocycles. The monoisotopic (exact) mass is 263 g/mol. The summed E-state index contributed by atoms with van der Waals surface area (Å²) in [5.41, 5.74) is 2.73. The van der Waals surface area contributed by atoms with Gasteiger partial charge in [0.15, 0.2) is 6.04 Å². The molecule has 104 valence electrons. The van der Waals surface area contributed by atoms with E-state index in [0.29, 0.717) is 12.0 Å². The maximum Gasteiger partial charge on any atom is 0.330 e. The smallest absolute Gasteiger partial charge is 0.330 e. The number of amides is 1. The Kier molecular flexibility index (Phi) is 5.55. The van der Waals surface area contributed by atoms with E-state index in [4.69, 9.17) is 0 Å². The molecule has 1 aromatic rings. The fraction of sp³-hybridized carbons (Fsp3) is 0.467. The summed E-state index contributed by atoms with van der Waals surface area (Å²) in [6, 6.07) is 4.47. The number of benzene rings is 1. The van der Waals surface area contributed by atoms with Gasteiger partial charge in [-0.3, -0.25) is 4.79 Å². The van der Waals surface area contributed by atoms with Gasteiger partial charge in [0.25, 0.3) is 0 Å². The van der Waals surface area contributed by atoms with Crippen molar-refractivity contribution >= 4 is 11.9 Å². The molecule has 1 atom stereocenters. The third kappa shape index (κ3) is 4.39. The molecule has 0 aliphatic heterocycles. The van der Waals surface area contributed by atoms with Gasteiger partial charge in [0, 0.05) is 6.42 Å². The van der Waals surface area contributed by atoms with Crippen LogP contribution in [0.4, 0.5) is 0 Å². The molecule has 0 fully saturated rings. The van der Waals surface area contributed by atoms with E-state index in [1.165, 1.54) is 0 Å². The summed E-state index contributed by atoms with van der Waals surface area (Å²) in [6.07, 6.45) is 2.05. The number of aryl methyl sites for hydroxylation is 2. The molecule has 1 aromatic carbocycles. The molecule has 1 amide bonds. The van der Waals surface area contributed by atoms with Crippen molar-refractivity contribution in [2.24, 2.45) is 0 Å². The minimum Gasteiger partial charge on any atom is -0.479 e. The Bertz CT molecular complexity index is 468. The van der Waals surface area contributed by atoms with Gasteiger partial charge in [-0.05, 0) is 37.0 Å². The third-order valence-corrected chi connectivity index (χ3v) is 3.17. The molecule has 0 spiro atoms. The van der Waals surface area contributed by atoms with Gasteiger partial charge in [-0.2, -0.15) is 0 Å². The standard InChI is InChI=1S/C15H21NO3/c1-4-5-6-13(17)16-14(15(18)19)12-8-7-10(2)11(3)9-12/h7-9,14H,4-6H2,1-3H3,(H,16,17)(H,18,19). The van der Waals surface area contributed by atoms with Crippen LogP contribution in [0.25, 0.3) is 0 Å². The number of carboxylic acids is 1. The van der Waals surface area contributed by atoms with Crippen LogP contribution in [0.1, 0.15) is 48.9 Å². The van der Waals surface area contributed by atoms with Gasteiger partial charge in [0.2, 0.25) is 5.91 Å². The van der Waals surface area contributed by atoms with Gasteiger partial charge in [-0.1, -0.05) is 31.5 Å². The highest BCUT2D eigenvalue weighted by Crippen LogP contribution is 2.18. The highest BCUT2D eigenvalue weighted by Gasteiger charge is 2.21. The topological polar surface area (TPSA) is 66.4 Å². The Balaban J connectivity index is 2.85. The predicted octanol–water partition coefficient (Wildman–Crippen LogP) is 2.74. The van der Waals surface area contributed by atoms with E-state index in [9.17, 15) is 14.7 Å². The Morgan fingerprint density at radius 3 is 2.47 bits per heavy atom. The van der Waals surface area contributed by atoms with Crippen LogP contribution < -0.4 is 5.32 Å². The summed E-state index contributed by atoms with van der Waals surface area (Å²) >= 11 is 0. The molecule has 0 aliphatic rings. The van der Waals surface area contributed by atoms with Crippen molar-refractivity contribution in [1.82, 2.24) is 5.32 Å². The molecule has 0 aliphatic carbocycles. The first-order valence-electron chi connectivity index (χ1n) is 6.55. The largest absolute Gasteiger partial charge is 0.479 e. The molecule has 4 heteroatoms. The number of nitrogens with one attached hydrogen (secondary N) is 1. The van der Waals surface area contributed by atoms with E-state index >= 15 is 0 Å². The van der Waals surface area contributed by atoms with E-state index in [2.05, 4.69) is 5.32 Å². The summed E-state index contributed by atoms with van der Waals surface area (Å²) in [5, 5.41) is 11.8. The Morgan fingerprint density at radius 1 is 1.26 bits per heavy atom. The van der Waals surface area contributed by atoms with Crippen molar-refractivity contribution in [3.8, 4) is 0 Å². The van der Waals surface area contributed by atoms with Crippen molar-refractivity contribution < 1.29 is 14.7 Å². The number of carboxylic acid groups (broad SMARTS) is 1. The van der Waals surface area contributed by atoms with Crippen molar-refractivity contribution in [3.05, 3.63) is 34.9 Å². The van der Waals surface area contributed by atoms with Gasteiger partial charge >= 0.3 is 5.97 Å². The fourth-order valence-corrected chi connectivity index (χ4v) is 1.80. The molecular weight excluding hydrogens is 242 g/mol. The second-order valence-electron chi connectivity index (χ2n) is 4.79. The van der Waals surface area contributed by atoms with Crippen LogP contribution in [0.2, 0.25) is 0 Å². The lowest BCUT2D eigenvalue weighted by Gasteiger charge is -2.16. The molecular formula is C15H21NO3. The van der Waals surface area contributed by atoms with E-state index < -0.39 is 12.0 Å². The molecule has 2 N–H and O–H groups in total. The van der Waals surface area contributed by atoms with Crippen LogP contribution in [-0.4, -0.2) is 17.0 Å². The minimum absolute atomic E-state index is 0.215. The Hall–Kier alpha value is -1.84. The summed E-state index contributed by atoms with van der Waals surface area (Å²) in [5.74, 6) is -1.25. The third-order valence-electron chi connectivity index (χ3n) is 3.17. The van der Waals surface area contributed by atoms with Gasteiger partial charge in [-0.15, -0.1) is 0 Å². The molecule has 0 saturated carbocycles. The average molecular weight is 263 g/mol. The number of rotatable bonds is 6. The van der Waals surface area contributed by atoms with E-state index in [1.807, 2.05) is 32.9 Å². The van der Waals surface area contributed by atoms with Crippen LogP contribution in [0, 0.1) is 13.8 Å². The fourth-order valence-electron chi connectivity index (χ4n) is 1.80. The molecule has 0 saturated heterocycles. The second-order valence-corrected chi connectivity index (χ2v) is 4.79. The minimum atomic E-state index is -1.03. The first-order valence-corrected chi connectivity index (χ1v) is 6.55. The van der Waals surface area contributed by atoms with Crippen LogP contribution in [0.3, 0.4) is 0 Å². The first kappa shape index (κ1) is 15.2. The summed E-state index contributed by atoms with van der Waals surface area (Å²) in [7, 11) is 0. The van der Waals surface area contributed by atoms with Crippen LogP contribution in [0.15, 0.2) is 18.2 Å².